The van der Waals surface area contributed by atoms with Gasteiger partial charge in [0.25, 0.3) is 5.91 Å². The number of benzene rings is 4. The van der Waals surface area contributed by atoms with Gasteiger partial charge in [0.05, 0.1) is 29.1 Å². The molecule has 1 atom stereocenters. The van der Waals surface area contributed by atoms with Crippen LogP contribution in [0.2, 0.25) is 5.02 Å². The normalized spacial score (nSPS) is 18.2. The molecule has 1 unspecified atom stereocenters. The largest absolute Gasteiger partial charge is 0.477 e. The highest BCUT2D eigenvalue weighted by Crippen LogP contribution is 2.42. The van der Waals surface area contributed by atoms with Gasteiger partial charge in [-0.3, -0.25) is 19.4 Å². The van der Waals surface area contributed by atoms with Gasteiger partial charge in [0.1, 0.15) is 17.5 Å². The van der Waals surface area contributed by atoms with Crippen molar-refractivity contribution in [2.45, 2.75) is 25.0 Å². The molecule has 0 radical (unpaired) electrons. The van der Waals surface area contributed by atoms with Gasteiger partial charge < -0.3 is 19.5 Å². The zero-order chi connectivity index (χ0) is 33.8. The lowest BCUT2D eigenvalue weighted by molar-refractivity contribution is 0.0694. The van der Waals surface area contributed by atoms with Gasteiger partial charge in [-0.1, -0.05) is 54.1 Å². The van der Waals surface area contributed by atoms with Crippen LogP contribution in [0.15, 0.2) is 102 Å². The average molecular weight is 678 g/mol. The Morgan fingerprint density at radius 2 is 1.55 bits per heavy atom. The summed E-state index contributed by atoms with van der Waals surface area (Å²) >= 11 is 6.24. The summed E-state index contributed by atoms with van der Waals surface area (Å²) < 4.78 is 17.5. The van der Waals surface area contributed by atoms with Gasteiger partial charge in [-0.2, -0.15) is 0 Å². The first-order chi connectivity index (χ1) is 23.8. The van der Waals surface area contributed by atoms with Gasteiger partial charge in [-0.05, 0) is 66.9 Å². The van der Waals surface area contributed by atoms with E-state index in [0.29, 0.717) is 54.6 Å². The standard InChI is InChI=1S/C38H33ClFN5O4/c39-25-10-12-27(13-11-25)45-36(24-6-2-1-3-7-24)44(32-9-5-4-8-28(32)37(45)47)23-41-16-18-42(19-17-41)34-21-33-29(20-31(34)40)35(46)30(38(48)49)22-43(33)26-14-15-26/h1-13,20-22,26,36H,14-19,23H2,(H,48,49). The van der Waals surface area contributed by atoms with Crippen molar-refractivity contribution >= 4 is 51.4 Å². The SMILES string of the molecule is O=C(O)c1cn(C2CC2)c2cc(N3CCN(CN4c5ccccc5C(=O)N(c5ccc(Cl)cc5)C4c4ccccc4)CC3)c(F)cc2c1=O. The lowest BCUT2D eigenvalue weighted by Gasteiger charge is -2.48. The molecule has 0 spiro atoms. The molecule has 11 heteroatoms. The molecule has 2 aliphatic heterocycles. The molecule has 1 N–H and O–H groups in total. The topological polar surface area (TPSA) is 89.3 Å². The van der Waals surface area contributed by atoms with E-state index in [4.69, 9.17) is 11.6 Å². The smallest absolute Gasteiger partial charge is 0.341 e. The van der Waals surface area contributed by atoms with Crippen molar-refractivity contribution in [3.05, 3.63) is 135 Å². The monoisotopic (exact) mass is 677 g/mol. The molecule has 1 aromatic heterocycles. The van der Waals surface area contributed by atoms with E-state index in [1.165, 1.54) is 12.3 Å². The number of halogens is 2. The Balaban J connectivity index is 1.10. The Bertz CT molecular complexity index is 2150. The van der Waals surface area contributed by atoms with Gasteiger partial charge in [0.15, 0.2) is 0 Å². The number of carbonyl (C=O) groups excluding carboxylic acids is 1. The lowest BCUT2D eigenvalue weighted by Crippen LogP contribution is -2.56. The number of aromatic nitrogens is 1. The van der Waals surface area contributed by atoms with Crippen LogP contribution in [0.4, 0.5) is 21.5 Å². The number of aromatic carboxylic acids is 1. The van der Waals surface area contributed by atoms with Crippen LogP contribution in [0.1, 0.15) is 51.3 Å². The second-order valence-corrected chi connectivity index (χ2v) is 13.2. The van der Waals surface area contributed by atoms with Crippen molar-refractivity contribution in [1.29, 1.82) is 0 Å². The number of hydrogen-bond donors (Lipinski definition) is 1. The highest BCUT2D eigenvalue weighted by atomic mass is 35.5. The number of nitrogens with zero attached hydrogens (tertiary/aromatic N) is 5. The molecule has 2 fully saturated rings. The third-order valence-corrected chi connectivity index (χ3v) is 9.99. The summed E-state index contributed by atoms with van der Waals surface area (Å²) in [6, 6.07) is 27.9. The number of amides is 1. The van der Waals surface area contributed by atoms with Gasteiger partial charge in [-0.15, -0.1) is 0 Å². The minimum Gasteiger partial charge on any atom is -0.477 e. The van der Waals surface area contributed by atoms with E-state index in [9.17, 15) is 19.5 Å². The predicted molar refractivity (Wildman–Crippen MR) is 188 cm³/mol. The summed E-state index contributed by atoms with van der Waals surface area (Å²) in [5.41, 5.74) is 3.08. The zero-order valence-corrected chi connectivity index (χ0v) is 27.3. The first-order valence-corrected chi connectivity index (χ1v) is 16.7. The van der Waals surface area contributed by atoms with E-state index in [-0.39, 0.29) is 22.9 Å². The second-order valence-electron chi connectivity index (χ2n) is 12.8. The fraction of sp³-hybridized carbons (Fsp3) is 0.237. The maximum atomic E-state index is 15.7. The summed E-state index contributed by atoms with van der Waals surface area (Å²) in [6.07, 6.45) is 2.73. The summed E-state index contributed by atoms with van der Waals surface area (Å²) in [6.45, 7) is 2.84. The van der Waals surface area contributed by atoms with E-state index < -0.39 is 23.4 Å². The first-order valence-electron chi connectivity index (χ1n) is 16.4. The molecule has 1 aliphatic carbocycles. The van der Waals surface area contributed by atoms with E-state index in [2.05, 4.69) is 9.80 Å². The molecule has 8 rings (SSSR count). The first kappa shape index (κ1) is 31.1. The second kappa shape index (κ2) is 12.4. The fourth-order valence-corrected chi connectivity index (χ4v) is 7.26. The molecule has 4 aromatic carbocycles. The number of anilines is 3. The fourth-order valence-electron chi connectivity index (χ4n) is 7.14. The maximum absolute atomic E-state index is 15.7. The van der Waals surface area contributed by atoms with Gasteiger partial charge in [0, 0.05) is 54.5 Å². The third kappa shape index (κ3) is 5.60. The summed E-state index contributed by atoms with van der Waals surface area (Å²) in [5, 5.41) is 10.3. The van der Waals surface area contributed by atoms with Crippen LogP contribution >= 0.6 is 11.6 Å². The van der Waals surface area contributed by atoms with E-state index in [1.807, 2.05) is 81.1 Å². The summed E-state index contributed by atoms with van der Waals surface area (Å²) in [4.78, 5) is 47.3. The van der Waals surface area contributed by atoms with Crippen LogP contribution in [0.5, 0.6) is 0 Å². The highest BCUT2D eigenvalue weighted by Gasteiger charge is 2.40. The van der Waals surface area contributed by atoms with Crippen LogP contribution in [0, 0.1) is 5.82 Å². The molecule has 49 heavy (non-hydrogen) atoms. The molecule has 3 aliphatic rings. The number of piperazine rings is 1. The molecule has 3 heterocycles. The van der Waals surface area contributed by atoms with E-state index in [1.54, 1.807) is 18.2 Å². The van der Waals surface area contributed by atoms with Crippen LogP contribution in [-0.2, 0) is 0 Å². The Morgan fingerprint density at radius 3 is 2.24 bits per heavy atom. The third-order valence-electron chi connectivity index (χ3n) is 9.74. The molecular weight excluding hydrogens is 645 g/mol. The molecule has 5 aromatic rings. The average Bonchev–Trinajstić information content (AvgIpc) is 3.96. The molecule has 1 saturated heterocycles. The molecular formula is C38H33ClFN5O4. The zero-order valence-electron chi connectivity index (χ0n) is 26.5. The number of para-hydroxylation sites is 1. The Labute approximate surface area is 286 Å². The van der Waals surface area contributed by atoms with E-state index >= 15 is 4.39 Å². The number of pyridine rings is 1. The van der Waals surface area contributed by atoms with Crippen LogP contribution < -0.4 is 20.1 Å². The van der Waals surface area contributed by atoms with Gasteiger partial charge >= 0.3 is 5.97 Å². The van der Waals surface area contributed by atoms with Crippen molar-refractivity contribution in [1.82, 2.24) is 9.47 Å². The number of rotatable bonds is 7. The van der Waals surface area contributed by atoms with Gasteiger partial charge in [-0.25, -0.2) is 9.18 Å². The molecule has 9 nitrogen and oxygen atoms in total. The van der Waals surface area contributed by atoms with Crippen LogP contribution in [0.25, 0.3) is 10.9 Å². The van der Waals surface area contributed by atoms with Gasteiger partial charge in [0.2, 0.25) is 5.43 Å². The van der Waals surface area contributed by atoms with Crippen molar-refractivity contribution in [3.8, 4) is 0 Å². The molecule has 1 amide bonds. The number of carbonyl (C=O) groups is 2. The van der Waals surface area contributed by atoms with Crippen molar-refractivity contribution in [3.63, 3.8) is 0 Å². The minimum atomic E-state index is -1.31. The number of fused-ring (bicyclic) bond motifs is 2. The minimum absolute atomic E-state index is 0.0854. The Kier molecular flexibility index (Phi) is 7.85. The molecule has 1 saturated carbocycles. The van der Waals surface area contributed by atoms with Crippen molar-refractivity contribution in [2.75, 3.05) is 47.5 Å². The molecule has 248 valence electrons. The Morgan fingerprint density at radius 1 is 0.857 bits per heavy atom. The summed E-state index contributed by atoms with van der Waals surface area (Å²) in [7, 11) is 0. The number of carboxylic acid groups (broad SMARTS) is 1. The lowest BCUT2D eigenvalue weighted by atomic mass is 10.0. The van der Waals surface area contributed by atoms with E-state index in [0.717, 1.165) is 29.8 Å². The number of carboxylic acids is 1. The van der Waals surface area contributed by atoms with Crippen molar-refractivity contribution < 1.29 is 19.1 Å². The quantitative estimate of drug-likeness (QED) is 0.203. The number of hydrogen-bond acceptors (Lipinski definition) is 6. The van der Waals surface area contributed by atoms with Crippen LogP contribution in [0.3, 0.4) is 0 Å². The molecule has 0 bridgehead atoms. The predicted octanol–water partition coefficient (Wildman–Crippen LogP) is 6.77. The Hall–Kier alpha value is -5.19. The van der Waals surface area contributed by atoms with Crippen molar-refractivity contribution in [2.24, 2.45) is 0 Å². The van der Waals surface area contributed by atoms with Crippen LogP contribution in [-0.4, -0.2) is 59.3 Å². The summed E-state index contributed by atoms with van der Waals surface area (Å²) in [5.74, 6) is -1.96. The highest BCUT2D eigenvalue weighted by molar-refractivity contribution is 6.30. The maximum Gasteiger partial charge on any atom is 0.341 e.